The van der Waals surface area contributed by atoms with Gasteiger partial charge in [-0.15, -0.1) is 0 Å². The van der Waals surface area contributed by atoms with Crippen LogP contribution in [0.3, 0.4) is 0 Å². The number of nitrogens with one attached hydrogen (secondary N) is 1. The smallest absolute Gasteiger partial charge is 0.339 e. The van der Waals surface area contributed by atoms with Crippen LogP contribution in [-0.2, 0) is 11.3 Å². The second kappa shape index (κ2) is 8.21. The summed E-state index contributed by atoms with van der Waals surface area (Å²) in [6, 6.07) is 20.5. The first-order valence-corrected chi connectivity index (χ1v) is 9.38. The van der Waals surface area contributed by atoms with E-state index in [-0.39, 0.29) is 17.3 Å². The molecule has 0 radical (unpaired) electrons. The van der Waals surface area contributed by atoms with E-state index in [0.717, 1.165) is 16.5 Å². The molecule has 1 aromatic heterocycles. The van der Waals surface area contributed by atoms with Gasteiger partial charge >= 0.3 is 5.97 Å². The number of aromatic nitrogens is 1. The Morgan fingerprint density at radius 3 is 2.40 bits per heavy atom. The standard InChI is InChI=1S/C24H19FN2O3/c1-30-24(29)19-7-2-4-8-21(19)26-23(28)20-15-27(22-9-5-3-6-18(20)22)14-16-10-12-17(25)13-11-16/h2-13,15H,14H2,1H3,(H,26,28). The SMILES string of the molecule is COC(=O)c1ccccc1NC(=O)c1cn(Cc2ccc(F)cc2)c2ccccc12. The number of esters is 1. The Morgan fingerprint density at radius 1 is 0.933 bits per heavy atom. The van der Waals surface area contributed by atoms with Crippen molar-refractivity contribution in [3.8, 4) is 0 Å². The summed E-state index contributed by atoms with van der Waals surface area (Å²) in [6.45, 7) is 0.493. The summed E-state index contributed by atoms with van der Waals surface area (Å²) in [7, 11) is 1.30. The highest BCUT2D eigenvalue weighted by Crippen LogP contribution is 2.25. The molecular weight excluding hydrogens is 383 g/mol. The minimum absolute atomic E-state index is 0.281. The molecule has 0 bridgehead atoms. The number of amides is 1. The molecule has 0 aliphatic rings. The molecule has 0 atom stereocenters. The van der Waals surface area contributed by atoms with E-state index in [4.69, 9.17) is 4.74 Å². The molecule has 4 aromatic rings. The normalized spacial score (nSPS) is 10.7. The lowest BCUT2D eigenvalue weighted by Crippen LogP contribution is -2.15. The first kappa shape index (κ1) is 19.4. The molecule has 0 fully saturated rings. The molecular formula is C24H19FN2O3. The third-order valence-electron chi connectivity index (χ3n) is 4.88. The maximum Gasteiger partial charge on any atom is 0.339 e. The molecule has 0 spiro atoms. The summed E-state index contributed by atoms with van der Waals surface area (Å²) in [6.07, 6.45) is 1.77. The van der Waals surface area contributed by atoms with Gasteiger partial charge < -0.3 is 14.6 Å². The van der Waals surface area contributed by atoms with Crippen LogP contribution in [0.1, 0.15) is 26.3 Å². The summed E-state index contributed by atoms with van der Waals surface area (Å²) in [5.74, 6) is -1.15. The van der Waals surface area contributed by atoms with Crippen LogP contribution in [0.2, 0.25) is 0 Å². The number of hydrogen-bond acceptors (Lipinski definition) is 3. The number of hydrogen-bond donors (Lipinski definition) is 1. The fourth-order valence-electron chi connectivity index (χ4n) is 3.41. The van der Waals surface area contributed by atoms with Crippen molar-refractivity contribution < 1.29 is 18.7 Å². The second-order valence-corrected chi connectivity index (χ2v) is 6.81. The van der Waals surface area contributed by atoms with Gasteiger partial charge in [0.05, 0.1) is 23.9 Å². The highest BCUT2D eigenvalue weighted by molar-refractivity contribution is 6.14. The average molecular weight is 402 g/mol. The lowest BCUT2D eigenvalue weighted by atomic mass is 10.1. The molecule has 3 aromatic carbocycles. The molecule has 0 aliphatic heterocycles. The molecule has 150 valence electrons. The highest BCUT2D eigenvalue weighted by atomic mass is 19.1. The van der Waals surface area contributed by atoms with Crippen LogP contribution in [0.25, 0.3) is 10.9 Å². The number of methoxy groups -OCH3 is 1. The van der Waals surface area contributed by atoms with E-state index in [0.29, 0.717) is 17.8 Å². The van der Waals surface area contributed by atoms with E-state index in [9.17, 15) is 14.0 Å². The molecule has 5 nitrogen and oxygen atoms in total. The number of nitrogens with zero attached hydrogens (tertiary/aromatic N) is 1. The molecule has 1 amide bonds. The first-order chi connectivity index (χ1) is 14.6. The van der Waals surface area contributed by atoms with E-state index in [1.165, 1.54) is 19.2 Å². The van der Waals surface area contributed by atoms with Gasteiger partial charge in [0.2, 0.25) is 0 Å². The Labute approximate surface area is 172 Å². The van der Waals surface area contributed by atoms with Gasteiger partial charge in [-0.2, -0.15) is 0 Å². The van der Waals surface area contributed by atoms with Gasteiger partial charge in [0.25, 0.3) is 5.91 Å². The van der Waals surface area contributed by atoms with E-state index < -0.39 is 5.97 Å². The van der Waals surface area contributed by atoms with Crippen LogP contribution < -0.4 is 5.32 Å². The molecule has 0 saturated heterocycles. The van der Waals surface area contributed by atoms with Crippen molar-refractivity contribution in [3.63, 3.8) is 0 Å². The van der Waals surface area contributed by atoms with Crippen LogP contribution in [-0.4, -0.2) is 23.6 Å². The van der Waals surface area contributed by atoms with Gasteiger partial charge in [0, 0.05) is 23.6 Å². The molecule has 6 heteroatoms. The van der Waals surface area contributed by atoms with Crippen LogP contribution in [0.4, 0.5) is 10.1 Å². The molecule has 4 rings (SSSR count). The van der Waals surface area contributed by atoms with E-state index in [1.54, 1.807) is 42.6 Å². The predicted molar refractivity (Wildman–Crippen MR) is 113 cm³/mol. The number of rotatable bonds is 5. The predicted octanol–water partition coefficient (Wildman–Crippen LogP) is 4.87. The largest absolute Gasteiger partial charge is 0.465 e. The topological polar surface area (TPSA) is 60.3 Å². The second-order valence-electron chi connectivity index (χ2n) is 6.81. The van der Waals surface area contributed by atoms with Gasteiger partial charge in [-0.25, -0.2) is 9.18 Å². The minimum atomic E-state index is -0.523. The highest BCUT2D eigenvalue weighted by Gasteiger charge is 2.18. The van der Waals surface area contributed by atoms with Crippen molar-refractivity contribution in [2.45, 2.75) is 6.54 Å². The minimum Gasteiger partial charge on any atom is -0.465 e. The first-order valence-electron chi connectivity index (χ1n) is 9.38. The van der Waals surface area contributed by atoms with Gasteiger partial charge in [0.1, 0.15) is 5.82 Å². The monoisotopic (exact) mass is 402 g/mol. The van der Waals surface area contributed by atoms with Gasteiger partial charge in [-0.1, -0.05) is 42.5 Å². The van der Waals surface area contributed by atoms with Crippen molar-refractivity contribution in [2.75, 3.05) is 12.4 Å². The Balaban J connectivity index is 1.69. The van der Waals surface area contributed by atoms with Crippen LogP contribution >= 0.6 is 0 Å². The Morgan fingerprint density at radius 2 is 1.63 bits per heavy atom. The molecule has 0 unspecified atom stereocenters. The third kappa shape index (κ3) is 3.80. The molecule has 1 heterocycles. The van der Waals surface area contributed by atoms with Gasteiger partial charge in [-0.3, -0.25) is 4.79 Å². The number of ether oxygens (including phenoxy) is 1. The van der Waals surface area contributed by atoms with Crippen molar-refractivity contribution >= 4 is 28.5 Å². The van der Waals surface area contributed by atoms with Crippen molar-refractivity contribution in [3.05, 3.63) is 102 Å². The van der Waals surface area contributed by atoms with Crippen LogP contribution in [0.5, 0.6) is 0 Å². The quantitative estimate of drug-likeness (QED) is 0.485. The Hall–Kier alpha value is -3.93. The number of carbonyl (C=O) groups is 2. The lowest BCUT2D eigenvalue weighted by molar-refractivity contribution is 0.0602. The van der Waals surface area contributed by atoms with Crippen molar-refractivity contribution in [1.29, 1.82) is 0 Å². The van der Waals surface area contributed by atoms with Crippen LogP contribution in [0.15, 0.2) is 79.0 Å². The zero-order valence-electron chi connectivity index (χ0n) is 16.3. The molecule has 1 N–H and O–H groups in total. The summed E-state index contributed by atoms with van der Waals surface area (Å²) in [4.78, 5) is 25.1. The maximum atomic E-state index is 13.2. The van der Waals surface area contributed by atoms with E-state index in [2.05, 4.69) is 5.32 Å². The number of para-hydroxylation sites is 2. The molecule has 0 saturated carbocycles. The number of carbonyl (C=O) groups excluding carboxylic acids is 2. The molecule has 0 aliphatic carbocycles. The number of anilines is 1. The third-order valence-corrected chi connectivity index (χ3v) is 4.88. The summed E-state index contributed by atoms with van der Waals surface area (Å²) in [5, 5.41) is 3.60. The van der Waals surface area contributed by atoms with Gasteiger partial charge in [-0.05, 0) is 35.9 Å². The van der Waals surface area contributed by atoms with Crippen LogP contribution in [0, 0.1) is 5.82 Å². The Kier molecular flexibility index (Phi) is 5.30. The average Bonchev–Trinajstić information content (AvgIpc) is 3.14. The van der Waals surface area contributed by atoms with E-state index in [1.807, 2.05) is 28.8 Å². The maximum absolute atomic E-state index is 13.2. The summed E-state index contributed by atoms with van der Waals surface area (Å²) >= 11 is 0. The Bertz CT molecular complexity index is 1230. The lowest BCUT2D eigenvalue weighted by Gasteiger charge is -2.09. The van der Waals surface area contributed by atoms with Gasteiger partial charge in [0.15, 0.2) is 0 Å². The zero-order valence-corrected chi connectivity index (χ0v) is 16.3. The molecule has 30 heavy (non-hydrogen) atoms. The number of halogens is 1. The summed E-state index contributed by atoms with van der Waals surface area (Å²) in [5.41, 5.74) is 2.94. The number of fused-ring (bicyclic) bond motifs is 1. The van der Waals surface area contributed by atoms with E-state index >= 15 is 0 Å². The van der Waals surface area contributed by atoms with Crippen molar-refractivity contribution in [1.82, 2.24) is 4.57 Å². The fourth-order valence-corrected chi connectivity index (χ4v) is 3.41. The fraction of sp³-hybridized carbons (Fsp3) is 0.0833. The zero-order chi connectivity index (χ0) is 21.1. The number of benzene rings is 3. The van der Waals surface area contributed by atoms with Crippen molar-refractivity contribution in [2.24, 2.45) is 0 Å². The summed E-state index contributed by atoms with van der Waals surface area (Å²) < 4.78 is 20.0.